The van der Waals surface area contributed by atoms with Crippen molar-refractivity contribution in [2.24, 2.45) is 5.73 Å². The van der Waals surface area contributed by atoms with Crippen molar-refractivity contribution >= 4 is 17.8 Å². The first-order valence-corrected chi connectivity index (χ1v) is 24.7. The Hall–Kier alpha value is -2.15. The highest BCUT2D eigenvalue weighted by atomic mass is 16.5. The molecule has 0 spiro atoms. The third-order valence-electron chi connectivity index (χ3n) is 11.3. The standard InChI is InChI=1S/C50H94N2O5/c1-3-5-7-9-11-13-15-17-18-19-20-21-23-25-27-29-34-38-44-49(54)57-46(40-35-31-28-26-24-22-16-14-12-10-8-6-4-2)41-36-32-30-33-37-43-48(53)52-47(50(55)56)42-39-45-51/h13,15,18-19,46-47H,3-12,14,16-17,20-45,51H2,1-2H3,(H,52,53)(H,55,56)/b15-13-,19-18-. The summed E-state index contributed by atoms with van der Waals surface area (Å²) in [5, 5.41) is 12.0. The number of ether oxygens (including phenoxy) is 1. The molecule has 0 aliphatic heterocycles. The third kappa shape index (κ3) is 41.8. The summed E-state index contributed by atoms with van der Waals surface area (Å²) in [4.78, 5) is 36.5. The van der Waals surface area contributed by atoms with Gasteiger partial charge in [-0.05, 0) is 90.0 Å². The van der Waals surface area contributed by atoms with Crippen LogP contribution in [0.2, 0.25) is 0 Å². The molecule has 0 aliphatic rings. The van der Waals surface area contributed by atoms with Crippen molar-refractivity contribution in [2.45, 2.75) is 270 Å². The van der Waals surface area contributed by atoms with Crippen LogP contribution in [-0.4, -0.2) is 41.6 Å². The fourth-order valence-corrected chi connectivity index (χ4v) is 7.54. The van der Waals surface area contributed by atoms with Crippen molar-refractivity contribution in [3.05, 3.63) is 24.3 Å². The van der Waals surface area contributed by atoms with Gasteiger partial charge in [-0.1, -0.05) is 186 Å². The minimum Gasteiger partial charge on any atom is -0.480 e. The van der Waals surface area contributed by atoms with Crippen LogP contribution in [0.25, 0.3) is 0 Å². The highest BCUT2D eigenvalue weighted by Crippen LogP contribution is 2.19. The first kappa shape index (κ1) is 54.9. The van der Waals surface area contributed by atoms with Crippen LogP contribution >= 0.6 is 0 Å². The quantitative estimate of drug-likeness (QED) is 0.0320. The first-order valence-electron chi connectivity index (χ1n) is 24.7. The smallest absolute Gasteiger partial charge is 0.326 e. The van der Waals surface area contributed by atoms with E-state index in [1.807, 2.05) is 0 Å². The van der Waals surface area contributed by atoms with Gasteiger partial charge in [0, 0.05) is 12.8 Å². The second kappa shape index (κ2) is 44.9. The number of carboxylic acid groups (broad SMARTS) is 1. The molecule has 0 aromatic carbocycles. The van der Waals surface area contributed by atoms with Gasteiger partial charge in [0.15, 0.2) is 0 Å². The van der Waals surface area contributed by atoms with Crippen LogP contribution in [0.15, 0.2) is 24.3 Å². The van der Waals surface area contributed by atoms with Crippen molar-refractivity contribution in [3.8, 4) is 0 Å². The van der Waals surface area contributed by atoms with Crippen LogP contribution in [-0.2, 0) is 19.1 Å². The number of allylic oxidation sites excluding steroid dienone is 4. The minimum atomic E-state index is -1.00. The van der Waals surface area contributed by atoms with Crippen LogP contribution in [0.5, 0.6) is 0 Å². The summed E-state index contributed by atoms with van der Waals surface area (Å²) >= 11 is 0. The molecule has 0 rings (SSSR count). The molecule has 0 aliphatic carbocycles. The number of aliphatic carboxylic acids is 1. The van der Waals surface area contributed by atoms with Gasteiger partial charge in [-0.15, -0.1) is 0 Å². The fraction of sp³-hybridized carbons (Fsp3) is 0.860. The monoisotopic (exact) mass is 803 g/mol. The highest BCUT2D eigenvalue weighted by molar-refractivity contribution is 5.83. The first-order chi connectivity index (χ1) is 27.9. The Labute approximate surface area is 353 Å². The summed E-state index contributed by atoms with van der Waals surface area (Å²) in [6.07, 6.45) is 52.3. The van der Waals surface area contributed by atoms with E-state index < -0.39 is 12.0 Å². The van der Waals surface area contributed by atoms with E-state index in [9.17, 15) is 19.5 Å². The second-order valence-electron chi connectivity index (χ2n) is 16.9. The number of esters is 1. The lowest BCUT2D eigenvalue weighted by Gasteiger charge is -2.18. The van der Waals surface area contributed by atoms with E-state index in [1.54, 1.807) is 0 Å². The molecule has 7 nitrogen and oxygen atoms in total. The second-order valence-corrected chi connectivity index (χ2v) is 16.9. The number of hydrogen-bond donors (Lipinski definition) is 3. The van der Waals surface area contributed by atoms with Crippen LogP contribution in [0.1, 0.15) is 258 Å². The molecule has 4 N–H and O–H groups in total. The zero-order valence-electron chi connectivity index (χ0n) is 37.7. The number of carbonyl (C=O) groups is 3. The third-order valence-corrected chi connectivity index (χ3v) is 11.3. The van der Waals surface area contributed by atoms with Crippen molar-refractivity contribution in [1.82, 2.24) is 5.32 Å². The number of amides is 1. The molecular formula is C50H94N2O5. The lowest BCUT2D eigenvalue weighted by Crippen LogP contribution is -2.40. The average molecular weight is 803 g/mol. The molecule has 0 radical (unpaired) electrons. The van der Waals surface area contributed by atoms with Gasteiger partial charge in [0.05, 0.1) is 0 Å². The molecule has 2 unspecified atom stereocenters. The van der Waals surface area contributed by atoms with Gasteiger partial charge < -0.3 is 20.9 Å². The van der Waals surface area contributed by atoms with E-state index in [-0.39, 0.29) is 18.0 Å². The summed E-state index contributed by atoms with van der Waals surface area (Å²) < 4.78 is 6.08. The Morgan fingerprint density at radius 1 is 0.509 bits per heavy atom. The van der Waals surface area contributed by atoms with Crippen molar-refractivity contribution in [2.75, 3.05) is 6.54 Å². The normalized spacial score (nSPS) is 12.8. The number of carbonyl (C=O) groups excluding carboxylic acids is 2. The van der Waals surface area contributed by atoms with Crippen LogP contribution in [0, 0.1) is 0 Å². The van der Waals surface area contributed by atoms with Crippen molar-refractivity contribution in [1.29, 1.82) is 0 Å². The van der Waals surface area contributed by atoms with Crippen molar-refractivity contribution in [3.63, 3.8) is 0 Å². The molecule has 0 aromatic heterocycles. The minimum absolute atomic E-state index is 0.0121. The Kier molecular flexibility index (Phi) is 43.2. The Morgan fingerprint density at radius 3 is 1.37 bits per heavy atom. The molecular weight excluding hydrogens is 709 g/mol. The summed E-state index contributed by atoms with van der Waals surface area (Å²) in [6.45, 7) is 4.95. The maximum Gasteiger partial charge on any atom is 0.326 e. The van der Waals surface area contributed by atoms with Gasteiger partial charge in [0.25, 0.3) is 0 Å². The van der Waals surface area contributed by atoms with Crippen molar-refractivity contribution < 1.29 is 24.2 Å². The van der Waals surface area contributed by atoms with E-state index in [0.29, 0.717) is 32.2 Å². The average Bonchev–Trinajstić information content (AvgIpc) is 3.20. The number of nitrogens with one attached hydrogen (secondary N) is 1. The van der Waals surface area contributed by atoms with Crippen LogP contribution < -0.4 is 11.1 Å². The number of hydrogen-bond acceptors (Lipinski definition) is 5. The molecule has 334 valence electrons. The maximum atomic E-state index is 12.9. The summed E-state index contributed by atoms with van der Waals surface area (Å²) in [5.41, 5.74) is 5.50. The highest BCUT2D eigenvalue weighted by Gasteiger charge is 2.19. The maximum absolute atomic E-state index is 12.9. The summed E-state index contributed by atoms with van der Waals surface area (Å²) in [5.74, 6) is -1.22. The molecule has 0 fully saturated rings. The SMILES string of the molecule is CCCCCC/C=C\C/C=C\CCCCCCCCCC(=O)OC(CCCCCCCCCCCCCCC)CCCCCCCC(=O)NC(CCCN)C(=O)O. The molecule has 0 aromatic rings. The number of unbranched alkanes of at least 4 members (excludes halogenated alkanes) is 27. The predicted molar refractivity (Wildman–Crippen MR) is 244 cm³/mol. The molecule has 0 heterocycles. The predicted octanol–water partition coefficient (Wildman–Crippen LogP) is 14.4. The van der Waals surface area contributed by atoms with E-state index in [0.717, 1.165) is 70.6 Å². The fourth-order valence-electron chi connectivity index (χ4n) is 7.54. The zero-order valence-corrected chi connectivity index (χ0v) is 37.7. The Bertz CT molecular complexity index is 951. The van der Waals surface area contributed by atoms with Gasteiger partial charge >= 0.3 is 11.9 Å². The zero-order chi connectivity index (χ0) is 41.7. The lowest BCUT2D eigenvalue weighted by molar-refractivity contribution is -0.150. The Morgan fingerprint density at radius 2 is 0.912 bits per heavy atom. The van der Waals surface area contributed by atoms with Gasteiger partial charge in [-0.25, -0.2) is 4.79 Å². The Balaban J connectivity index is 4.28. The van der Waals surface area contributed by atoms with Crippen LogP contribution in [0.3, 0.4) is 0 Å². The number of carboxylic acids is 1. The van der Waals surface area contributed by atoms with E-state index >= 15 is 0 Å². The molecule has 2 atom stereocenters. The number of rotatable bonds is 45. The van der Waals surface area contributed by atoms with Gasteiger partial charge in [-0.2, -0.15) is 0 Å². The summed E-state index contributed by atoms with van der Waals surface area (Å²) in [6, 6.07) is -0.856. The molecule has 1 amide bonds. The van der Waals surface area contributed by atoms with Gasteiger partial charge in [0.2, 0.25) is 5.91 Å². The summed E-state index contributed by atoms with van der Waals surface area (Å²) in [7, 11) is 0. The largest absolute Gasteiger partial charge is 0.480 e. The van der Waals surface area contributed by atoms with E-state index in [2.05, 4.69) is 43.5 Å². The van der Waals surface area contributed by atoms with E-state index in [4.69, 9.17) is 10.5 Å². The van der Waals surface area contributed by atoms with Gasteiger partial charge in [-0.3, -0.25) is 9.59 Å². The molecule has 0 saturated heterocycles. The van der Waals surface area contributed by atoms with Gasteiger partial charge in [0.1, 0.15) is 12.1 Å². The molecule has 0 bridgehead atoms. The van der Waals surface area contributed by atoms with E-state index in [1.165, 1.54) is 148 Å². The topological polar surface area (TPSA) is 119 Å². The number of nitrogens with two attached hydrogens (primary N) is 1. The lowest BCUT2D eigenvalue weighted by atomic mass is 10.0. The molecule has 57 heavy (non-hydrogen) atoms. The molecule has 7 heteroatoms. The molecule has 0 saturated carbocycles. The van der Waals surface area contributed by atoms with Crippen LogP contribution in [0.4, 0.5) is 0 Å².